The van der Waals surface area contributed by atoms with Crippen LogP contribution in [0.5, 0.6) is 0 Å². The molecule has 0 aromatic carbocycles. The lowest BCUT2D eigenvalue weighted by atomic mass is 10.0. The summed E-state index contributed by atoms with van der Waals surface area (Å²) in [6.07, 6.45) is 9.39. The maximum atomic E-state index is 4.55. The van der Waals surface area contributed by atoms with Gasteiger partial charge >= 0.3 is 0 Å². The Morgan fingerprint density at radius 2 is 2.17 bits per heavy atom. The zero-order chi connectivity index (χ0) is 15.5. The molecule has 0 bridgehead atoms. The van der Waals surface area contributed by atoms with Crippen LogP contribution >= 0.6 is 11.3 Å². The first-order chi connectivity index (χ1) is 11.4. The molecule has 0 aliphatic carbocycles. The molecule has 1 N–H and O–H groups in total. The molecule has 3 aromatic rings. The molecule has 0 radical (unpaired) electrons. The number of nitrogens with one attached hydrogen (secondary N) is 1. The summed E-state index contributed by atoms with van der Waals surface area (Å²) in [5, 5.41) is 2.13. The predicted octanol–water partition coefficient (Wildman–Crippen LogP) is 2.39. The monoisotopic (exact) mass is 326 g/mol. The van der Waals surface area contributed by atoms with Gasteiger partial charge in [-0.05, 0) is 25.3 Å². The van der Waals surface area contributed by atoms with Gasteiger partial charge in [0.15, 0.2) is 5.82 Å². The molecule has 118 valence electrons. The van der Waals surface area contributed by atoms with E-state index in [4.69, 9.17) is 0 Å². The van der Waals surface area contributed by atoms with E-state index < -0.39 is 0 Å². The number of hydrogen-bond acceptors (Lipinski definition) is 6. The SMILES string of the molecule is c1c[nH]c(-c2cnc(C[C@@H]3CCN(Cc4cscn4)C3)cn2)n1. The first-order valence-electron chi connectivity index (χ1n) is 7.77. The van der Waals surface area contributed by atoms with E-state index in [0.29, 0.717) is 5.92 Å². The third-order valence-corrected chi connectivity index (χ3v) is 4.82. The highest BCUT2D eigenvalue weighted by Crippen LogP contribution is 2.22. The third-order valence-electron chi connectivity index (χ3n) is 4.18. The summed E-state index contributed by atoms with van der Waals surface area (Å²) >= 11 is 1.66. The number of rotatable bonds is 5. The molecule has 1 aliphatic rings. The Morgan fingerprint density at radius 1 is 1.17 bits per heavy atom. The topological polar surface area (TPSA) is 70.6 Å². The Labute approximate surface area is 138 Å². The summed E-state index contributed by atoms with van der Waals surface area (Å²) in [7, 11) is 0. The number of likely N-dealkylation sites (tertiary alicyclic amines) is 1. The number of aromatic nitrogens is 5. The molecule has 0 saturated carbocycles. The number of nitrogens with zero attached hydrogens (tertiary/aromatic N) is 5. The summed E-state index contributed by atoms with van der Waals surface area (Å²) in [6, 6.07) is 0. The Kier molecular flexibility index (Phi) is 4.12. The van der Waals surface area contributed by atoms with Crippen molar-refractivity contribution in [2.45, 2.75) is 19.4 Å². The Bertz CT molecular complexity index is 723. The average Bonchev–Trinajstić information content (AvgIpc) is 3.31. The standard InChI is InChI=1S/C16H18N6S/c1-4-22(9-14-10-23-11-21-14)8-12(1)5-13-6-20-15(7-19-13)16-17-2-3-18-16/h2-3,6-7,10-12H,1,4-5,8-9H2,(H,17,18)/t12-/m0/s1. The minimum atomic E-state index is 0.650. The van der Waals surface area contributed by atoms with E-state index in [1.807, 2.05) is 11.7 Å². The van der Waals surface area contributed by atoms with Crippen LogP contribution in [0.3, 0.4) is 0 Å². The number of aromatic amines is 1. The first-order valence-corrected chi connectivity index (χ1v) is 8.71. The van der Waals surface area contributed by atoms with E-state index >= 15 is 0 Å². The maximum Gasteiger partial charge on any atom is 0.157 e. The molecular formula is C16H18N6S. The molecule has 3 aromatic heterocycles. The Hall–Kier alpha value is -2.12. The van der Waals surface area contributed by atoms with Crippen LogP contribution in [0.15, 0.2) is 35.7 Å². The van der Waals surface area contributed by atoms with Gasteiger partial charge in [0.25, 0.3) is 0 Å². The lowest BCUT2D eigenvalue weighted by Crippen LogP contribution is -2.20. The van der Waals surface area contributed by atoms with Gasteiger partial charge in [-0.3, -0.25) is 9.88 Å². The minimum absolute atomic E-state index is 0.650. The van der Waals surface area contributed by atoms with Gasteiger partial charge in [0.1, 0.15) is 5.69 Å². The number of H-pyrrole nitrogens is 1. The van der Waals surface area contributed by atoms with Gasteiger partial charge in [-0.1, -0.05) is 0 Å². The van der Waals surface area contributed by atoms with Crippen molar-refractivity contribution < 1.29 is 0 Å². The summed E-state index contributed by atoms with van der Waals surface area (Å²) in [5.74, 6) is 1.41. The lowest BCUT2D eigenvalue weighted by molar-refractivity contribution is 0.313. The summed E-state index contributed by atoms with van der Waals surface area (Å²) in [4.78, 5) is 23.1. The molecule has 4 heterocycles. The van der Waals surface area contributed by atoms with E-state index in [1.165, 1.54) is 12.1 Å². The zero-order valence-electron chi connectivity index (χ0n) is 12.7. The fourth-order valence-corrected chi connectivity index (χ4v) is 3.60. The van der Waals surface area contributed by atoms with Crippen molar-refractivity contribution in [2.24, 2.45) is 5.92 Å². The molecule has 0 spiro atoms. The first kappa shape index (κ1) is 14.5. The smallest absolute Gasteiger partial charge is 0.157 e. The lowest BCUT2D eigenvalue weighted by Gasteiger charge is -2.14. The highest BCUT2D eigenvalue weighted by atomic mass is 32.1. The quantitative estimate of drug-likeness (QED) is 0.779. The predicted molar refractivity (Wildman–Crippen MR) is 88.8 cm³/mol. The van der Waals surface area contributed by atoms with Crippen LogP contribution in [0.1, 0.15) is 17.8 Å². The van der Waals surface area contributed by atoms with Gasteiger partial charge in [0, 0.05) is 37.1 Å². The summed E-state index contributed by atoms with van der Waals surface area (Å²) < 4.78 is 0. The fourth-order valence-electron chi connectivity index (χ4n) is 3.05. The van der Waals surface area contributed by atoms with Crippen molar-refractivity contribution in [2.75, 3.05) is 13.1 Å². The Morgan fingerprint density at radius 3 is 2.91 bits per heavy atom. The van der Waals surface area contributed by atoms with Crippen LogP contribution in [0.25, 0.3) is 11.5 Å². The van der Waals surface area contributed by atoms with Crippen molar-refractivity contribution >= 4 is 11.3 Å². The summed E-state index contributed by atoms with van der Waals surface area (Å²) in [6.45, 7) is 3.21. The van der Waals surface area contributed by atoms with Crippen molar-refractivity contribution in [3.05, 3.63) is 47.1 Å². The van der Waals surface area contributed by atoms with Crippen LogP contribution < -0.4 is 0 Å². The highest BCUT2D eigenvalue weighted by molar-refractivity contribution is 7.07. The van der Waals surface area contributed by atoms with E-state index in [0.717, 1.165) is 43.3 Å². The molecule has 0 unspecified atom stereocenters. The van der Waals surface area contributed by atoms with Crippen LogP contribution in [0.2, 0.25) is 0 Å². The minimum Gasteiger partial charge on any atom is -0.343 e. The second-order valence-electron chi connectivity index (χ2n) is 5.90. The van der Waals surface area contributed by atoms with Crippen molar-refractivity contribution in [1.82, 2.24) is 29.8 Å². The molecule has 1 atom stereocenters. The molecule has 4 rings (SSSR count). The molecule has 1 fully saturated rings. The molecule has 23 heavy (non-hydrogen) atoms. The molecule has 6 nitrogen and oxygen atoms in total. The van der Waals surface area contributed by atoms with E-state index in [2.05, 4.69) is 35.2 Å². The molecular weight excluding hydrogens is 308 g/mol. The van der Waals surface area contributed by atoms with E-state index in [-0.39, 0.29) is 0 Å². The van der Waals surface area contributed by atoms with Gasteiger partial charge in [0.05, 0.1) is 23.1 Å². The molecule has 0 amide bonds. The van der Waals surface area contributed by atoms with Crippen LogP contribution in [0, 0.1) is 5.92 Å². The number of thiazole rings is 1. The largest absolute Gasteiger partial charge is 0.343 e. The van der Waals surface area contributed by atoms with E-state index in [1.54, 1.807) is 29.9 Å². The highest BCUT2D eigenvalue weighted by Gasteiger charge is 2.23. The molecule has 1 aliphatic heterocycles. The van der Waals surface area contributed by atoms with Gasteiger partial charge in [-0.25, -0.2) is 15.0 Å². The fraction of sp³-hybridized carbons (Fsp3) is 0.375. The van der Waals surface area contributed by atoms with Crippen molar-refractivity contribution in [3.63, 3.8) is 0 Å². The van der Waals surface area contributed by atoms with E-state index in [9.17, 15) is 0 Å². The second kappa shape index (κ2) is 6.55. The van der Waals surface area contributed by atoms with Crippen LogP contribution in [0.4, 0.5) is 0 Å². The molecule has 1 saturated heterocycles. The van der Waals surface area contributed by atoms with Crippen molar-refractivity contribution in [1.29, 1.82) is 0 Å². The molecule has 7 heteroatoms. The van der Waals surface area contributed by atoms with Crippen LogP contribution in [-0.2, 0) is 13.0 Å². The zero-order valence-corrected chi connectivity index (χ0v) is 13.5. The number of imidazole rings is 1. The second-order valence-corrected chi connectivity index (χ2v) is 6.62. The number of hydrogen-bond donors (Lipinski definition) is 1. The summed E-state index contributed by atoms with van der Waals surface area (Å²) in [5.41, 5.74) is 4.92. The van der Waals surface area contributed by atoms with Gasteiger partial charge < -0.3 is 4.98 Å². The van der Waals surface area contributed by atoms with Crippen molar-refractivity contribution in [3.8, 4) is 11.5 Å². The van der Waals surface area contributed by atoms with Gasteiger partial charge in [-0.15, -0.1) is 11.3 Å². The van der Waals surface area contributed by atoms with Gasteiger partial charge in [0.2, 0.25) is 0 Å². The normalized spacial score (nSPS) is 18.5. The average molecular weight is 326 g/mol. The Balaban J connectivity index is 1.34. The van der Waals surface area contributed by atoms with Crippen LogP contribution in [-0.4, -0.2) is 42.9 Å². The van der Waals surface area contributed by atoms with Gasteiger partial charge in [-0.2, -0.15) is 0 Å². The maximum absolute atomic E-state index is 4.55. The third kappa shape index (κ3) is 3.46.